The maximum Gasteiger partial charge on any atom is 0.225 e. The van der Waals surface area contributed by atoms with Gasteiger partial charge >= 0.3 is 0 Å². The lowest BCUT2D eigenvalue weighted by Crippen LogP contribution is -2.42. The number of amides is 1. The third-order valence-corrected chi connectivity index (χ3v) is 5.09. The summed E-state index contributed by atoms with van der Waals surface area (Å²) in [6.45, 7) is 4.76. The maximum absolute atomic E-state index is 12.5. The van der Waals surface area contributed by atoms with Crippen LogP contribution in [0.4, 0.5) is 0 Å². The van der Waals surface area contributed by atoms with Crippen LogP contribution in [0.15, 0.2) is 0 Å². The van der Waals surface area contributed by atoms with Gasteiger partial charge in [-0.05, 0) is 37.6 Å². The highest BCUT2D eigenvalue weighted by Crippen LogP contribution is 2.30. The molecule has 1 saturated carbocycles. The molecular weight excluding hydrogens is 236 g/mol. The highest BCUT2D eigenvalue weighted by Gasteiger charge is 2.27. The zero-order valence-corrected chi connectivity index (χ0v) is 12.4. The van der Waals surface area contributed by atoms with E-state index in [2.05, 4.69) is 11.8 Å². The molecule has 0 radical (unpaired) electrons. The van der Waals surface area contributed by atoms with Gasteiger partial charge in [-0.2, -0.15) is 0 Å². The molecule has 1 amide bonds. The van der Waals surface area contributed by atoms with E-state index < -0.39 is 0 Å². The number of nitrogens with two attached hydrogens (primary N) is 1. The first-order valence-corrected chi connectivity index (χ1v) is 8.19. The Hall–Kier alpha value is -0.570. The summed E-state index contributed by atoms with van der Waals surface area (Å²) in [5.74, 6) is 2.05. The lowest BCUT2D eigenvalue weighted by Gasteiger charge is -2.34. The Balaban J connectivity index is 1.75. The maximum atomic E-state index is 12.5. The van der Waals surface area contributed by atoms with E-state index in [1.54, 1.807) is 0 Å². The van der Waals surface area contributed by atoms with Crippen molar-refractivity contribution in [3.8, 4) is 0 Å². The van der Waals surface area contributed by atoms with E-state index in [1.807, 2.05) is 0 Å². The molecule has 0 bridgehead atoms. The summed E-state index contributed by atoms with van der Waals surface area (Å²) in [4.78, 5) is 14.5. The molecule has 1 atom stereocenters. The predicted octanol–water partition coefficient (Wildman–Crippen LogP) is 2.79. The van der Waals surface area contributed by atoms with Crippen LogP contribution in [0.25, 0.3) is 0 Å². The van der Waals surface area contributed by atoms with E-state index in [0.717, 1.165) is 44.8 Å². The van der Waals surface area contributed by atoms with Gasteiger partial charge in [-0.1, -0.05) is 39.0 Å². The standard InChI is InChI=1S/C16H30N2O/c1-13(11-14-5-3-2-4-6-14)16(19)18-9-7-15(12-17)8-10-18/h13-15H,2-12,17H2,1H3. The zero-order valence-electron chi connectivity index (χ0n) is 12.4. The van der Waals surface area contributed by atoms with Gasteiger partial charge in [-0.3, -0.25) is 4.79 Å². The molecular formula is C16H30N2O. The molecule has 110 valence electrons. The van der Waals surface area contributed by atoms with E-state index in [1.165, 1.54) is 32.1 Å². The number of rotatable bonds is 4. The van der Waals surface area contributed by atoms with Gasteiger partial charge in [0, 0.05) is 19.0 Å². The van der Waals surface area contributed by atoms with Gasteiger partial charge in [0.05, 0.1) is 0 Å². The average Bonchev–Trinajstić information content (AvgIpc) is 2.47. The summed E-state index contributed by atoms with van der Waals surface area (Å²) in [7, 11) is 0. The monoisotopic (exact) mass is 266 g/mol. The van der Waals surface area contributed by atoms with Crippen molar-refractivity contribution in [2.24, 2.45) is 23.5 Å². The largest absolute Gasteiger partial charge is 0.342 e. The third kappa shape index (κ3) is 4.20. The van der Waals surface area contributed by atoms with E-state index >= 15 is 0 Å². The number of nitrogens with zero attached hydrogens (tertiary/aromatic N) is 1. The third-order valence-electron chi connectivity index (χ3n) is 5.09. The van der Waals surface area contributed by atoms with E-state index in [9.17, 15) is 4.79 Å². The Morgan fingerprint density at radius 1 is 1.11 bits per heavy atom. The second-order valence-corrected chi connectivity index (χ2v) is 6.65. The lowest BCUT2D eigenvalue weighted by molar-refractivity contribution is -0.137. The van der Waals surface area contributed by atoms with Crippen molar-refractivity contribution in [3.05, 3.63) is 0 Å². The Morgan fingerprint density at radius 2 is 1.74 bits per heavy atom. The SMILES string of the molecule is CC(CC1CCCCC1)C(=O)N1CCC(CN)CC1. The first-order chi connectivity index (χ1) is 9.20. The first kappa shape index (κ1) is 14.8. The highest BCUT2D eigenvalue weighted by molar-refractivity contribution is 5.78. The molecule has 3 heteroatoms. The van der Waals surface area contributed by atoms with E-state index in [-0.39, 0.29) is 5.92 Å². The number of hydrogen-bond donors (Lipinski definition) is 1. The summed E-state index contributed by atoms with van der Waals surface area (Å²) in [6, 6.07) is 0. The fraction of sp³-hybridized carbons (Fsp3) is 0.938. The molecule has 2 N–H and O–H groups in total. The number of piperidine rings is 1. The van der Waals surface area contributed by atoms with Gasteiger partial charge in [-0.15, -0.1) is 0 Å². The minimum absolute atomic E-state index is 0.220. The van der Waals surface area contributed by atoms with Gasteiger partial charge in [0.1, 0.15) is 0 Å². The minimum atomic E-state index is 0.220. The van der Waals surface area contributed by atoms with Crippen LogP contribution in [0.2, 0.25) is 0 Å². The van der Waals surface area contributed by atoms with E-state index in [4.69, 9.17) is 5.73 Å². The Bertz CT molecular complexity index is 278. The molecule has 0 aromatic heterocycles. The Labute approximate surface area is 117 Å². The van der Waals surface area contributed by atoms with Crippen LogP contribution < -0.4 is 5.73 Å². The van der Waals surface area contributed by atoms with Crippen LogP contribution >= 0.6 is 0 Å². The molecule has 1 unspecified atom stereocenters. The Morgan fingerprint density at radius 3 is 2.32 bits per heavy atom. The molecule has 0 aromatic carbocycles. The predicted molar refractivity (Wildman–Crippen MR) is 78.7 cm³/mol. The number of hydrogen-bond acceptors (Lipinski definition) is 2. The van der Waals surface area contributed by atoms with Crippen LogP contribution in [-0.2, 0) is 4.79 Å². The highest BCUT2D eigenvalue weighted by atomic mass is 16.2. The van der Waals surface area contributed by atoms with Crippen LogP contribution in [-0.4, -0.2) is 30.4 Å². The van der Waals surface area contributed by atoms with Gasteiger partial charge in [-0.25, -0.2) is 0 Å². The second kappa shape index (κ2) is 7.28. The van der Waals surface area contributed by atoms with Crippen molar-refractivity contribution in [3.63, 3.8) is 0 Å². The normalized spacial score (nSPS) is 24.4. The van der Waals surface area contributed by atoms with Crippen molar-refractivity contribution in [2.75, 3.05) is 19.6 Å². The molecule has 2 aliphatic rings. The van der Waals surface area contributed by atoms with Crippen molar-refractivity contribution in [1.29, 1.82) is 0 Å². The summed E-state index contributed by atoms with van der Waals surface area (Å²) < 4.78 is 0. The van der Waals surface area contributed by atoms with Gasteiger partial charge in [0.15, 0.2) is 0 Å². The lowest BCUT2D eigenvalue weighted by atomic mass is 9.82. The van der Waals surface area contributed by atoms with Crippen molar-refractivity contribution in [1.82, 2.24) is 4.90 Å². The summed E-state index contributed by atoms with van der Waals surface area (Å²) in [5.41, 5.74) is 5.70. The van der Waals surface area contributed by atoms with Crippen molar-refractivity contribution < 1.29 is 4.79 Å². The molecule has 2 fully saturated rings. The average molecular weight is 266 g/mol. The van der Waals surface area contributed by atoms with E-state index in [0.29, 0.717) is 11.8 Å². The number of carbonyl (C=O) groups excluding carboxylic acids is 1. The molecule has 1 aliphatic heterocycles. The molecule has 19 heavy (non-hydrogen) atoms. The molecule has 2 rings (SSSR count). The zero-order chi connectivity index (χ0) is 13.7. The van der Waals surface area contributed by atoms with Gasteiger partial charge in [0.25, 0.3) is 0 Å². The summed E-state index contributed by atoms with van der Waals surface area (Å²) in [5, 5.41) is 0. The smallest absolute Gasteiger partial charge is 0.225 e. The van der Waals surface area contributed by atoms with Crippen LogP contribution in [0.1, 0.15) is 58.3 Å². The van der Waals surface area contributed by atoms with Gasteiger partial charge in [0.2, 0.25) is 5.91 Å². The molecule has 3 nitrogen and oxygen atoms in total. The Kier molecular flexibility index (Phi) is 5.68. The second-order valence-electron chi connectivity index (χ2n) is 6.65. The topological polar surface area (TPSA) is 46.3 Å². The quantitative estimate of drug-likeness (QED) is 0.850. The van der Waals surface area contributed by atoms with Crippen molar-refractivity contribution in [2.45, 2.75) is 58.3 Å². The summed E-state index contributed by atoms with van der Waals surface area (Å²) >= 11 is 0. The van der Waals surface area contributed by atoms with Gasteiger partial charge < -0.3 is 10.6 Å². The molecule has 1 heterocycles. The molecule has 1 saturated heterocycles. The van der Waals surface area contributed by atoms with Crippen molar-refractivity contribution >= 4 is 5.91 Å². The fourth-order valence-electron chi connectivity index (χ4n) is 3.72. The summed E-state index contributed by atoms with van der Waals surface area (Å²) in [6.07, 6.45) is 10.1. The number of carbonyl (C=O) groups is 1. The molecule has 1 aliphatic carbocycles. The molecule has 0 aromatic rings. The van der Waals surface area contributed by atoms with Crippen LogP contribution in [0, 0.1) is 17.8 Å². The minimum Gasteiger partial charge on any atom is -0.342 e. The fourth-order valence-corrected chi connectivity index (χ4v) is 3.72. The van der Waals surface area contributed by atoms with Crippen LogP contribution in [0.5, 0.6) is 0 Å². The first-order valence-electron chi connectivity index (χ1n) is 8.19. The van der Waals surface area contributed by atoms with Crippen LogP contribution in [0.3, 0.4) is 0 Å². The number of likely N-dealkylation sites (tertiary alicyclic amines) is 1. The molecule has 0 spiro atoms.